The summed E-state index contributed by atoms with van der Waals surface area (Å²) in [4.78, 5) is 23.9. The molecule has 0 spiro atoms. The number of likely N-dealkylation sites (tertiary alicyclic amines) is 1. The van der Waals surface area contributed by atoms with Gasteiger partial charge in [0.2, 0.25) is 0 Å². The van der Waals surface area contributed by atoms with E-state index in [1.807, 2.05) is 11.8 Å². The van der Waals surface area contributed by atoms with E-state index in [1.165, 1.54) is 12.8 Å². The van der Waals surface area contributed by atoms with Gasteiger partial charge in [-0.1, -0.05) is 6.42 Å². The minimum atomic E-state index is 0.0283. The molecule has 0 radical (unpaired) electrons. The number of rotatable bonds is 6. The summed E-state index contributed by atoms with van der Waals surface area (Å²) in [6.45, 7) is 4.71. The van der Waals surface area contributed by atoms with Gasteiger partial charge in [-0.25, -0.2) is 14.6 Å². The Labute approximate surface area is 186 Å². The first kappa shape index (κ1) is 20.9. The first-order valence-electron chi connectivity index (χ1n) is 11.3. The molecule has 1 atom stereocenters. The maximum Gasteiger partial charge on any atom is 0.267 e. The fourth-order valence-electron chi connectivity index (χ4n) is 4.75. The second-order valence-electron chi connectivity index (χ2n) is 8.50. The molecule has 3 aliphatic rings. The molecule has 1 fully saturated rings. The Hall–Kier alpha value is -1.97. The number of thioether (sulfide) groups is 1. The molecule has 1 unspecified atom stereocenters. The average Bonchev–Trinajstić information content (AvgIpc) is 2.82. The van der Waals surface area contributed by atoms with Crippen molar-refractivity contribution < 1.29 is 4.74 Å². The van der Waals surface area contributed by atoms with Gasteiger partial charge in [0.05, 0.1) is 31.1 Å². The van der Waals surface area contributed by atoms with E-state index in [0.717, 1.165) is 85.3 Å². The van der Waals surface area contributed by atoms with Gasteiger partial charge in [0, 0.05) is 49.4 Å². The summed E-state index contributed by atoms with van der Waals surface area (Å²) in [6.07, 6.45) is 7.06. The van der Waals surface area contributed by atoms with E-state index in [4.69, 9.17) is 4.74 Å². The van der Waals surface area contributed by atoms with Gasteiger partial charge in [0.25, 0.3) is 5.56 Å². The van der Waals surface area contributed by atoms with Crippen LogP contribution < -0.4 is 10.9 Å². The molecule has 1 N–H and O–H groups in total. The number of aromatic nitrogens is 4. The molecule has 3 aliphatic heterocycles. The van der Waals surface area contributed by atoms with Gasteiger partial charge in [0.1, 0.15) is 12.1 Å². The van der Waals surface area contributed by atoms with Crippen molar-refractivity contribution >= 4 is 17.6 Å². The topological polar surface area (TPSA) is 85.2 Å². The summed E-state index contributed by atoms with van der Waals surface area (Å²) in [5.74, 6) is 2.91. The number of ether oxygens (including phenoxy) is 1. The van der Waals surface area contributed by atoms with E-state index >= 15 is 0 Å². The molecule has 0 bridgehead atoms. The van der Waals surface area contributed by atoms with Gasteiger partial charge in [-0.3, -0.25) is 9.69 Å². The second-order valence-corrected chi connectivity index (χ2v) is 9.60. The molecule has 5 heterocycles. The fourth-order valence-corrected chi connectivity index (χ4v) is 5.70. The van der Waals surface area contributed by atoms with Gasteiger partial charge in [0.15, 0.2) is 0 Å². The number of anilines is 1. The zero-order valence-electron chi connectivity index (χ0n) is 17.9. The third kappa shape index (κ3) is 4.78. The number of fused-ring (bicyclic) bond motifs is 2. The Morgan fingerprint density at radius 1 is 1.19 bits per heavy atom. The lowest BCUT2D eigenvalue weighted by Crippen LogP contribution is -2.46. The number of hydrogen-bond donors (Lipinski definition) is 1. The van der Waals surface area contributed by atoms with E-state index in [0.29, 0.717) is 19.2 Å². The van der Waals surface area contributed by atoms with Crippen LogP contribution in [0, 0.1) is 0 Å². The third-order valence-corrected chi connectivity index (χ3v) is 7.53. The van der Waals surface area contributed by atoms with Gasteiger partial charge in [-0.2, -0.15) is 16.9 Å². The van der Waals surface area contributed by atoms with Gasteiger partial charge in [-0.15, -0.1) is 0 Å². The molecule has 31 heavy (non-hydrogen) atoms. The minimum absolute atomic E-state index is 0.0283. The molecule has 0 saturated carbocycles. The number of hydrogen-bond acceptors (Lipinski definition) is 8. The highest BCUT2D eigenvalue weighted by Gasteiger charge is 2.24. The van der Waals surface area contributed by atoms with Crippen LogP contribution in [0.15, 0.2) is 17.2 Å². The molecule has 2 aromatic rings. The van der Waals surface area contributed by atoms with Crippen LogP contribution in [-0.4, -0.2) is 62.7 Å². The first-order chi connectivity index (χ1) is 15.3. The van der Waals surface area contributed by atoms with Crippen LogP contribution in [0.2, 0.25) is 0 Å². The van der Waals surface area contributed by atoms with Crippen molar-refractivity contribution in [1.82, 2.24) is 24.6 Å². The average molecular weight is 443 g/mol. The summed E-state index contributed by atoms with van der Waals surface area (Å²) in [5, 5.41) is 8.25. The monoisotopic (exact) mass is 442 g/mol. The van der Waals surface area contributed by atoms with Gasteiger partial charge >= 0.3 is 0 Å². The van der Waals surface area contributed by atoms with Crippen molar-refractivity contribution in [3.8, 4) is 0 Å². The lowest BCUT2D eigenvalue weighted by atomic mass is 10.0. The molecule has 0 aliphatic carbocycles. The number of nitrogens with zero attached hydrogens (tertiary/aromatic N) is 5. The Morgan fingerprint density at radius 3 is 3.13 bits per heavy atom. The van der Waals surface area contributed by atoms with E-state index in [2.05, 4.69) is 25.3 Å². The molecule has 9 heteroatoms. The largest absolute Gasteiger partial charge is 0.376 e. The summed E-state index contributed by atoms with van der Waals surface area (Å²) in [6, 6.07) is 2.22. The maximum atomic E-state index is 12.5. The Kier molecular flexibility index (Phi) is 6.52. The van der Waals surface area contributed by atoms with Crippen molar-refractivity contribution in [3.63, 3.8) is 0 Å². The minimum Gasteiger partial charge on any atom is -0.376 e. The molecule has 0 amide bonds. The van der Waals surface area contributed by atoms with Crippen molar-refractivity contribution in [3.05, 3.63) is 45.3 Å². The second kappa shape index (κ2) is 9.67. The highest BCUT2D eigenvalue weighted by Crippen LogP contribution is 2.23. The van der Waals surface area contributed by atoms with E-state index < -0.39 is 0 Å². The summed E-state index contributed by atoms with van der Waals surface area (Å²) >= 11 is 1.88. The number of piperidine rings is 1. The van der Waals surface area contributed by atoms with Gasteiger partial charge < -0.3 is 10.1 Å². The van der Waals surface area contributed by atoms with E-state index in [9.17, 15) is 4.79 Å². The van der Waals surface area contributed by atoms with Crippen LogP contribution in [0.4, 0.5) is 5.82 Å². The molecule has 8 nitrogen and oxygen atoms in total. The fraction of sp³-hybridized carbons (Fsp3) is 0.636. The molecule has 0 aromatic carbocycles. The van der Waals surface area contributed by atoms with Crippen LogP contribution in [0.3, 0.4) is 0 Å². The quantitative estimate of drug-likeness (QED) is 0.726. The highest BCUT2D eigenvalue weighted by atomic mass is 32.2. The van der Waals surface area contributed by atoms with Gasteiger partial charge in [-0.05, 0) is 30.7 Å². The Morgan fingerprint density at radius 2 is 2.16 bits per heavy atom. The standard InChI is InChI=1S/C22H30N6O2S/c29-21-11-16-14-31-10-5-19(16)26-28(21)8-7-27-6-2-1-3-17(27)12-23-22-18-13-30-9-4-20(18)24-15-25-22/h11,15,17H,1-10,12-14H2,(H,23,24,25). The summed E-state index contributed by atoms with van der Waals surface area (Å²) < 4.78 is 7.29. The molecular formula is C22H30N6O2S. The van der Waals surface area contributed by atoms with Crippen LogP contribution >= 0.6 is 11.8 Å². The number of nitrogens with one attached hydrogen (secondary N) is 1. The van der Waals surface area contributed by atoms with E-state index in [1.54, 1.807) is 17.1 Å². The zero-order valence-corrected chi connectivity index (χ0v) is 18.7. The smallest absolute Gasteiger partial charge is 0.267 e. The van der Waals surface area contributed by atoms with Crippen molar-refractivity contribution in [2.75, 3.05) is 37.3 Å². The molecule has 1 saturated heterocycles. The third-order valence-electron chi connectivity index (χ3n) is 6.52. The van der Waals surface area contributed by atoms with Crippen LogP contribution in [-0.2, 0) is 36.5 Å². The lowest BCUT2D eigenvalue weighted by molar-refractivity contribution is 0.109. The first-order valence-corrected chi connectivity index (χ1v) is 12.5. The normalized spacial score (nSPS) is 21.4. The summed E-state index contributed by atoms with van der Waals surface area (Å²) in [5.41, 5.74) is 4.45. The summed E-state index contributed by atoms with van der Waals surface area (Å²) in [7, 11) is 0. The molecule has 2 aromatic heterocycles. The van der Waals surface area contributed by atoms with Crippen molar-refractivity contribution in [2.24, 2.45) is 0 Å². The molecule has 166 valence electrons. The maximum absolute atomic E-state index is 12.5. The van der Waals surface area contributed by atoms with E-state index in [-0.39, 0.29) is 5.56 Å². The SMILES string of the molecule is O=c1cc2c(nn1CCN1CCCCC1CNc1ncnc3c1COCC3)CCSC2. The Bertz CT molecular complexity index is 981. The van der Waals surface area contributed by atoms with Crippen molar-refractivity contribution in [2.45, 2.75) is 57.1 Å². The lowest BCUT2D eigenvalue weighted by Gasteiger charge is -2.36. The highest BCUT2D eigenvalue weighted by molar-refractivity contribution is 7.98. The Balaban J connectivity index is 1.23. The zero-order chi connectivity index (χ0) is 21.0. The van der Waals surface area contributed by atoms with Crippen LogP contribution in [0.5, 0.6) is 0 Å². The van der Waals surface area contributed by atoms with Crippen molar-refractivity contribution in [1.29, 1.82) is 0 Å². The van der Waals surface area contributed by atoms with Crippen LogP contribution in [0.25, 0.3) is 0 Å². The predicted molar refractivity (Wildman–Crippen MR) is 121 cm³/mol. The molecular weight excluding hydrogens is 412 g/mol. The van der Waals surface area contributed by atoms with Crippen LogP contribution in [0.1, 0.15) is 41.8 Å². The predicted octanol–water partition coefficient (Wildman–Crippen LogP) is 1.86. The molecule has 5 rings (SSSR count). The number of aryl methyl sites for hydroxylation is 1.